The number of nitrogens with zero attached hydrogens (tertiary/aromatic N) is 1. The molecule has 1 unspecified atom stereocenters. The van der Waals surface area contributed by atoms with Gasteiger partial charge >= 0.3 is 0 Å². The molecule has 3 N–H and O–H groups in total. The van der Waals surface area contributed by atoms with E-state index in [1.165, 1.54) is 12.8 Å². The molecular weight excluding hydrogens is 238 g/mol. The van der Waals surface area contributed by atoms with Gasteiger partial charge in [-0.1, -0.05) is 24.3 Å². The average molecular weight is 255 g/mol. The maximum atomic E-state index is 12.3. The van der Waals surface area contributed by atoms with Gasteiger partial charge in [0.25, 0.3) is 5.91 Å². The highest BCUT2D eigenvalue weighted by Gasteiger charge is 2.29. The number of fused-ring (bicyclic) bond motifs is 1. The molecule has 19 heavy (non-hydrogen) atoms. The summed E-state index contributed by atoms with van der Waals surface area (Å²) in [7, 11) is 0. The topological polar surface area (TPSA) is 68.0 Å². The first-order valence-electron chi connectivity index (χ1n) is 6.61. The molecule has 4 nitrogen and oxygen atoms in total. The minimum absolute atomic E-state index is 0.0666. The molecule has 1 aliphatic carbocycles. The van der Waals surface area contributed by atoms with Gasteiger partial charge in [0.1, 0.15) is 5.82 Å². The van der Waals surface area contributed by atoms with E-state index in [0.717, 1.165) is 10.8 Å². The quantitative estimate of drug-likeness (QED) is 0.884. The van der Waals surface area contributed by atoms with E-state index in [4.69, 9.17) is 5.73 Å². The van der Waals surface area contributed by atoms with Crippen molar-refractivity contribution in [3.8, 4) is 0 Å². The van der Waals surface area contributed by atoms with Crippen molar-refractivity contribution in [2.45, 2.75) is 25.8 Å². The summed E-state index contributed by atoms with van der Waals surface area (Å²) >= 11 is 0. The van der Waals surface area contributed by atoms with Crippen LogP contribution in [0.4, 0.5) is 5.82 Å². The molecule has 0 saturated heterocycles. The first-order valence-corrected chi connectivity index (χ1v) is 6.61. The summed E-state index contributed by atoms with van der Waals surface area (Å²) in [6.45, 7) is 2.06. The molecule has 1 fully saturated rings. The van der Waals surface area contributed by atoms with Crippen molar-refractivity contribution in [1.82, 2.24) is 10.3 Å². The monoisotopic (exact) mass is 255 g/mol. The fourth-order valence-electron chi connectivity index (χ4n) is 2.39. The van der Waals surface area contributed by atoms with Gasteiger partial charge in [0.2, 0.25) is 0 Å². The van der Waals surface area contributed by atoms with Gasteiger partial charge < -0.3 is 11.1 Å². The van der Waals surface area contributed by atoms with E-state index in [-0.39, 0.29) is 11.9 Å². The molecule has 1 aromatic carbocycles. The summed E-state index contributed by atoms with van der Waals surface area (Å²) < 4.78 is 0. The zero-order valence-electron chi connectivity index (χ0n) is 10.9. The summed E-state index contributed by atoms with van der Waals surface area (Å²) in [6, 6.07) is 7.82. The van der Waals surface area contributed by atoms with Crippen molar-refractivity contribution in [3.05, 3.63) is 36.0 Å². The molecule has 0 spiro atoms. The van der Waals surface area contributed by atoms with E-state index in [2.05, 4.69) is 17.2 Å². The molecule has 1 aliphatic rings. The Balaban J connectivity index is 1.95. The summed E-state index contributed by atoms with van der Waals surface area (Å²) in [5, 5.41) is 4.73. The molecule has 0 radical (unpaired) electrons. The molecule has 1 aromatic heterocycles. The van der Waals surface area contributed by atoms with E-state index in [0.29, 0.717) is 17.3 Å². The van der Waals surface area contributed by atoms with E-state index >= 15 is 0 Å². The predicted octanol–water partition coefficient (Wildman–Crippen LogP) is 2.35. The van der Waals surface area contributed by atoms with Crippen LogP contribution in [-0.2, 0) is 0 Å². The second kappa shape index (κ2) is 4.53. The molecule has 0 bridgehead atoms. The second-order valence-electron chi connectivity index (χ2n) is 5.20. The van der Waals surface area contributed by atoms with Crippen molar-refractivity contribution in [3.63, 3.8) is 0 Å². The van der Waals surface area contributed by atoms with E-state index < -0.39 is 0 Å². The Morgan fingerprint density at radius 1 is 1.37 bits per heavy atom. The third-order valence-corrected chi connectivity index (χ3v) is 3.76. The molecule has 98 valence electrons. The number of nitrogens with one attached hydrogen (secondary N) is 1. The fraction of sp³-hybridized carbons (Fsp3) is 0.333. The fourth-order valence-corrected chi connectivity index (χ4v) is 2.39. The van der Waals surface area contributed by atoms with Gasteiger partial charge in [0.15, 0.2) is 0 Å². The van der Waals surface area contributed by atoms with E-state index in [1.807, 2.05) is 24.3 Å². The van der Waals surface area contributed by atoms with Crippen LogP contribution in [0.2, 0.25) is 0 Å². The zero-order valence-corrected chi connectivity index (χ0v) is 10.9. The molecule has 1 heterocycles. The lowest BCUT2D eigenvalue weighted by atomic mass is 10.1. The lowest BCUT2D eigenvalue weighted by Crippen LogP contribution is -2.34. The molecule has 0 aliphatic heterocycles. The SMILES string of the molecule is CC(NC(=O)c1cnc(N)c2ccccc12)C1CC1. The summed E-state index contributed by atoms with van der Waals surface area (Å²) in [6.07, 6.45) is 3.98. The number of hydrogen-bond acceptors (Lipinski definition) is 3. The number of amides is 1. The summed E-state index contributed by atoms with van der Waals surface area (Å²) in [5.41, 5.74) is 6.44. The molecule has 1 atom stereocenters. The van der Waals surface area contributed by atoms with Gasteiger partial charge in [0, 0.05) is 17.6 Å². The number of benzene rings is 1. The summed E-state index contributed by atoms with van der Waals surface area (Å²) in [5.74, 6) is 1.03. The minimum atomic E-state index is -0.0666. The maximum Gasteiger partial charge on any atom is 0.253 e. The highest BCUT2D eigenvalue weighted by Crippen LogP contribution is 2.32. The van der Waals surface area contributed by atoms with Crippen LogP contribution in [-0.4, -0.2) is 16.9 Å². The second-order valence-corrected chi connectivity index (χ2v) is 5.20. The van der Waals surface area contributed by atoms with Crippen molar-refractivity contribution >= 4 is 22.5 Å². The predicted molar refractivity (Wildman–Crippen MR) is 75.8 cm³/mol. The average Bonchev–Trinajstić information content (AvgIpc) is 3.23. The smallest absolute Gasteiger partial charge is 0.253 e. The Labute approximate surface area is 112 Å². The molecule has 3 rings (SSSR count). The largest absolute Gasteiger partial charge is 0.383 e. The highest BCUT2D eigenvalue weighted by atomic mass is 16.1. The van der Waals surface area contributed by atoms with Crippen molar-refractivity contribution in [2.75, 3.05) is 5.73 Å². The number of rotatable bonds is 3. The minimum Gasteiger partial charge on any atom is -0.383 e. The van der Waals surface area contributed by atoms with Gasteiger partial charge in [-0.3, -0.25) is 4.79 Å². The van der Waals surface area contributed by atoms with Gasteiger partial charge in [0.05, 0.1) is 5.56 Å². The number of carbonyl (C=O) groups excluding carboxylic acids is 1. The number of nitrogen functional groups attached to an aromatic ring is 1. The van der Waals surface area contributed by atoms with Crippen LogP contribution in [0.15, 0.2) is 30.5 Å². The normalized spacial score (nSPS) is 16.3. The standard InChI is InChI=1S/C15H17N3O/c1-9(10-6-7-10)18-15(19)13-8-17-14(16)12-5-3-2-4-11(12)13/h2-5,8-10H,6-7H2,1H3,(H2,16,17)(H,18,19). The molecule has 2 aromatic rings. The molecule has 4 heteroatoms. The van der Waals surface area contributed by atoms with Crippen LogP contribution in [0.25, 0.3) is 10.8 Å². The van der Waals surface area contributed by atoms with Crippen molar-refractivity contribution < 1.29 is 4.79 Å². The van der Waals surface area contributed by atoms with Crippen LogP contribution in [0.5, 0.6) is 0 Å². The Kier molecular flexibility index (Phi) is 2.85. The Morgan fingerprint density at radius 3 is 2.74 bits per heavy atom. The number of anilines is 1. The third-order valence-electron chi connectivity index (χ3n) is 3.76. The highest BCUT2D eigenvalue weighted by molar-refractivity contribution is 6.09. The van der Waals surface area contributed by atoms with Crippen LogP contribution < -0.4 is 11.1 Å². The lowest BCUT2D eigenvalue weighted by Gasteiger charge is -2.14. The Bertz CT molecular complexity index is 634. The van der Waals surface area contributed by atoms with Crippen LogP contribution >= 0.6 is 0 Å². The van der Waals surface area contributed by atoms with Gasteiger partial charge in [-0.25, -0.2) is 4.98 Å². The number of nitrogens with two attached hydrogens (primary N) is 1. The van der Waals surface area contributed by atoms with E-state index in [1.54, 1.807) is 6.20 Å². The van der Waals surface area contributed by atoms with Gasteiger partial charge in [-0.15, -0.1) is 0 Å². The first kappa shape index (κ1) is 12.0. The molecule has 1 amide bonds. The first-order chi connectivity index (χ1) is 9.16. The maximum absolute atomic E-state index is 12.3. The van der Waals surface area contributed by atoms with Gasteiger partial charge in [-0.2, -0.15) is 0 Å². The lowest BCUT2D eigenvalue weighted by molar-refractivity contribution is 0.0937. The Morgan fingerprint density at radius 2 is 2.05 bits per heavy atom. The van der Waals surface area contributed by atoms with Crippen LogP contribution in [0.1, 0.15) is 30.1 Å². The number of pyridine rings is 1. The number of carbonyl (C=O) groups is 1. The van der Waals surface area contributed by atoms with Crippen molar-refractivity contribution in [1.29, 1.82) is 0 Å². The van der Waals surface area contributed by atoms with Crippen LogP contribution in [0, 0.1) is 5.92 Å². The third kappa shape index (κ3) is 2.26. The Hall–Kier alpha value is -2.10. The van der Waals surface area contributed by atoms with Crippen molar-refractivity contribution in [2.24, 2.45) is 5.92 Å². The van der Waals surface area contributed by atoms with Crippen LogP contribution in [0.3, 0.4) is 0 Å². The number of hydrogen-bond donors (Lipinski definition) is 2. The van der Waals surface area contributed by atoms with E-state index in [9.17, 15) is 4.79 Å². The number of aromatic nitrogens is 1. The zero-order chi connectivity index (χ0) is 13.4. The molecule has 1 saturated carbocycles. The van der Waals surface area contributed by atoms with Gasteiger partial charge in [-0.05, 0) is 31.1 Å². The summed E-state index contributed by atoms with van der Waals surface area (Å²) in [4.78, 5) is 16.4. The molecular formula is C15H17N3O.